The molecule has 1 aromatic rings. The highest BCUT2D eigenvalue weighted by atomic mass is 35.5. The first-order valence-electron chi connectivity index (χ1n) is 7.12. The summed E-state index contributed by atoms with van der Waals surface area (Å²) in [4.78, 5) is 4.92. The third-order valence-corrected chi connectivity index (χ3v) is 4.11. The quantitative estimate of drug-likeness (QED) is 0.900. The summed E-state index contributed by atoms with van der Waals surface area (Å²) in [5.74, 6) is 0.692. The van der Waals surface area contributed by atoms with Crippen LogP contribution in [0.3, 0.4) is 0 Å². The minimum atomic E-state index is 0.692. The maximum absolute atomic E-state index is 6.25. The summed E-state index contributed by atoms with van der Waals surface area (Å²) in [5, 5.41) is 0.854. The first-order chi connectivity index (χ1) is 9.20. The normalized spacial score (nSPS) is 18.6. The Balaban J connectivity index is 1.84. The van der Waals surface area contributed by atoms with E-state index in [1.54, 1.807) is 0 Å². The molecule has 0 bridgehead atoms. The zero-order valence-corrected chi connectivity index (χ0v) is 12.4. The van der Waals surface area contributed by atoms with Crippen molar-refractivity contribution in [3.05, 3.63) is 29.3 Å². The van der Waals surface area contributed by atoms with Crippen LogP contribution < -0.4 is 10.6 Å². The van der Waals surface area contributed by atoms with E-state index in [-0.39, 0.29) is 0 Å². The van der Waals surface area contributed by atoms with E-state index in [9.17, 15) is 0 Å². The number of benzene rings is 1. The van der Waals surface area contributed by atoms with Gasteiger partial charge >= 0.3 is 0 Å². The fraction of sp³-hybridized carbons (Fsp3) is 0.600. The number of hydrogen-bond acceptors (Lipinski definition) is 3. The molecule has 0 amide bonds. The van der Waals surface area contributed by atoms with Crippen LogP contribution in [0.15, 0.2) is 24.3 Å². The Labute approximate surface area is 121 Å². The Bertz CT molecular complexity index is 389. The van der Waals surface area contributed by atoms with Gasteiger partial charge in [0.25, 0.3) is 0 Å². The fourth-order valence-corrected chi connectivity index (χ4v) is 2.95. The summed E-state index contributed by atoms with van der Waals surface area (Å²) < 4.78 is 0. The maximum Gasteiger partial charge on any atom is 0.0639 e. The molecule has 0 aliphatic carbocycles. The smallest absolute Gasteiger partial charge is 0.0639 e. The number of anilines is 1. The average Bonchev–Trinajstić information content (AvgIpc) is 2.41. The van der Waals surface area contributed by atoms with Crippen molar-refractivity contribution in [3.63, 3.8) is 0 Å². The molecule has 1 aliphatic heterocycles. The molecule has 1 saturated heterocycles. The van der Waals surface area contributed by atoms with Crippen molar-refractivity contribution in [3.8, 4) is 0 Å². The Morgan fingerprint density at radius 2 is 1.89 bits per heavy atom. The van der Waals surface area contributed by atoms with Crippen LogP contribution in [-0.4, -0.2) is 44.2 Å². The molecule has 0 spiro atoms. The van der Waals surface area contributed by atoms with Crippen molar-refractivity contribution in [2.24, 2.45) is 11.7 Å². The van der Waals surface area contributed by atoms with Gasteiger partial charge in [0.05, 0.1) is 10.7 Å². The monoisotopic (exact) mass is 281 g/mol. The van der Waals surface area contributed by atoms with Gasteiger partial charge in [-0.2, -0.15) is 0 Å². The number of hydrogen-bond donors (Lipinski definition) is 1. The Morgan fingerprint density at radius 1 is 1.21 bits per heavy atom. The predicted octanol–water partition coefficient (Wildman–Crippen LogP) is 2.45. The molecule has 1 heterocycles. The van der Waals surface area contributed by atoms with Crippen LogP contribution >= 0.6 is 11.6 Å². The molecule has 4 heteroatoms. The van der Waals surface area contributed by atoms with Crippen LogP contribution in [0.25, 0.3) is 0 Å². The van der Waals surface area contributed by atoms with Crippen molar-refractivity contribution in [2.75, 3.05) is 44.2 Å². The molecule has 1 fully saturated rings. The molecule has 3 nitrogen and oxygen atoms in total. The molecule has 1 aromatic carbocycles. The Kier molecular flexibility index (Phi) is 5.49. The van der Waals surface area contributed by atoms with Gasteiger partial charge in [0.1, 0.15) is 0 Å². The number of para-hydroxylation sites is 1. The lowest BCUT2D eigenvalue weighted by molar-refractivity contribution is 0.221. The van der Waals surface area contributed by atoms with Crippen LogP contribution in [0.1, 0.15) is 13.3 Å². The lowest BCUT2D eigenvalue weighted by Gasteiger charge is -2.37. The fourth-order valence-electron chi connectivity index (χ4n) is 2.70. The van der Waals surface area contributed by atoms with Gasteiger partial charge in [-0.1, -0.05) is 30.7 Å². The second-order valence-corrected chi connectivity index (χ2v) is 5.83. The molecular formula is C15H24ClN3. The van der Waals surface area contributed by atoms with E-state index < -0.39 is 0 Å². The molecule has 0 radical (unpaired) electrons. The summed E-state index contributed by atoms with van der Waals surface area (Å²) in [6.45, 7) is 8.57. The van der Waals surface area contributed by atoms with Gasteiger partial charge < -0.3 is 10.6 Å². The summed E-state index contributed by atoms with van der Waals surface area (Å²) in [7, 11) is 0. The minimum Gasteiger partial charge on any atom is -0.368 e. The molecule has 2 N–H and O–H groups in total. The summed E-state index contributed by atoms with van der Waals surface area (Å²) >= 11 is 6.25. The van der Waals surface area contributed by atoms with Crippen molar-refractivity contribution >= 4 is 17.3 Å². The molecule has 0 saturated carbocycles. The third kappa shape index (κ3) is 4.10. The van der Waals surface area contributed by atoms with Gasteiger partial charge in [-0.05, 0) is 31.0 Å². The second-order valence-electron chi connectivity index (χ2n) is 5.42. The zero-order valence-electron chi connectivity index (χ0n) is 11.7. The van der Waals surface area contributed by atoms with Crippen molar-refractivity contribution < 1.29 is 0 Å². The topological polar surface area (TPSA) is 32.5 Å². The van der Waals surface area contributed by atoms with Gasteiger partial charge in [0, 0.05) is 32.7 Å². The van der Waals surface area contributed by atoms with Gasteiger partial charge in [-0.15, -0.1) is 0 Å². The minimum absolute atomic E-state index is 0.692. The average molecular weight is 282 g/mol. The molecule has 0 aromatic heterocycles. The highest BCUT2D eigenvalue weighted by molar-refractivity contribution is 6.33. The molecule has 1 aliphatic rings. The number of nitrogens with two attached hydrogens (primary N) is 1. The van der Waals surface area contributed by atoms with E-state index >= 15 is 0 Å². The molecule has 2 rings (SSSR count). The Hall–Kier alpha value is -0.770. The number of nitrogens with zero attached hydrogens (tertiary/aromatic N) is 2. The first kappa shape index (κ1) is 14.6. The largest absolute Gasteiger partial charge is 0.368 e. The SMILES string of the molecule is CC(CCN)CN1CCN(c2ccccc2Cl)CC1. The van der Waals surface area contributed by atoms with Gasteiger partial charge in [0.2, 0.25) is 0 Å². The number of rotatable bonds is 5. The van der Waals surface area contributed by atoms with Crippen LogP contribution in [-0.2, 0) is 0 Å². The lowest BCUT2D eigenvalue weighted by Crippen LogP contribution is -2.47. The molecule has 19 heavy (non-hydrogen) atoms. The van der Waals surface area contributed by atoms with E-state index in [1.165, 1.54) is 5.69 Å². The van der Waals surface area contributed by atoms with Crippen molar-refractivity contribution in [2.45, 2.75) is 13.3 Å². The summed E-state index contributed by atoms with van der Waals surface area (Å²) in [6, 6.07) is 8.11. The summed E-state index contributed by atoms with van der Waals surface area (Å²) in [5.41, 5.74) is 6.77. The van der Waals surface area contributed by atoms with Gasteiger partial charge in [-0.25, -0.2) is 0 Å². The van der Waals surface area contributed by atoms with Crippen molar-refractivity contribution in [1.29, 1.82) is 0 Å². The second kappa shape index (κ2) is 7.13. The number of halogens is 1. The van der Waals surface area contributed by atoms with Crippen LogP contribution in [0.2, 0.25) is 5.02 Å². The Morgan fingerprint density at radius 3 is 2.53 bits per heavy atom. The van der Waals surface area contributed by atoms with Crippen molar-refractivity contribution in [1.82, 2.24) is 4.90 Å². The summed E-state index contributed by atoms with van der Waals surface area (Å²) in [6.07, 6.45) is 1.12. The van der Waals surface area contributed by atoms with Crippen LogP contribution in [0.4, 0.5) is 5.69 Å². The first-order valence-corrected chi connectivity index (χ1v) is 7.50. The maximum atomic E-state index is 6.25. The van der Waals surface area contributed by atoms with E-state index in [2.05, 4.69) is 28.9 Å². The van der Waals surface area contributed by atoms with E-state index in [0.717, 1.165) is 50.7 Å². The predicted molar refractivity (Wildman–Crippen MR) is 82.9 cm³/mol. The standard InChI is InChI=1S/C15H24ClN3/c1-13(6-7-17)12-18-8-10-19(11-9-18)15-5-3-2-4-14(15)16/h2-5,13H,6-12,17H2,1H3. The zero-order chi connectivity index (χ0) is 13.7. The molecule has 106 valence electrons. The molecule has 1 unspecified atom stereocenters. The van der Waals surface area contributed by atoms with E-state index in [4.69, 9.17) is 17.3 Å². The van der Waals surface area contributed by atoms with E-state index in [1.807, 2.05) is 12.1 Å². The van der Waals surface area contributed by atoms with Gasteiger partial charge in [0.15, 0.2) is 0 Å². The third-order valence-electron chi connectivity index (χ3n) is 3.79. The van der Waals surface area contributed by atoms with Crippen LogP contribution in [0, 0.1) is 5.92 Å². The van der Waals surface area contributed by atoms with Gasteiger partial charge in [-0.3, -0.25) is 4.90 Å². The highest BCUT2D eigenvalue weighted by Crippen LogP contribution is 2.26. The van der Waals surface area contributed by atoms with E-state index in [0.29, 0.717) is 5.92 Å². The highest BCUT2D eigenvalue weighted by Gasteiger charge is 2.19. The molecular weight excluding hydrogens is 258 g/mol. The lowest BCUT2D eigenvalue weighted by atomic mass is 10.1. The number of piperazine rings is 1. The molecule has 1 atom stereocenters. The van der Waals surface area contributed by atoms with Crippen LogP contribution in [0.5, 0.6) is 0 Å².